The van der Waals surface area contributed by atoms with E-state index in [4.69, 9.17) is 0 Å². The molecule has 0 aromatic carbocycles. The second-order valence-corrected chi connectivity index (χ2v) is 8.78. The van der Waals surface area contributed by atoms with Gasteiger partial charge in [0.25, 0.3) is 0 Å². The highest BCUT2D eigenvalue weighted by molar-refractivity contribution is 7.86. The van der Waals surface area contributed by atoms with Gasteiger partial charge in [-0.15, -0.1) is 0 Å². The third kappa shape index (κ3) is 3.57. The van der Waals surface area contributed by atoms with Crippen molar-refractivity contribution in [1.29, 1.82) is 0 Å². The van der Waals surface area contributed by atoms with Gasteiger partial charge in [0.15, 0.2) is 0 Å². The largest absolute Gasteiger partial charge is 0.312 e. The Balaban J connectivity index is 2.77. The molecule has 1 saturated carbocycles. The third-order valence-corrected chi connectivity index (χ3v) is 6.89. The molecule has 0 radical (unpaired) electrons. The van der Waals surface area contributed by atoms with E-state index < -0.39 is 10.8 Å². The first kappa shape index (κ1) is 16.2. The first-order chi connectivity index (χ1) is 8.31. The molecule has 1 rings (SSSR count). The Hall–Kier alpha value is 0.110. The van der Waals surface area contributed by atoms with Crippen LogP contribution in [-0.4, -0.2) is 27.3 Å². The molecule has 1 fully saturated rings. The maximum absolute atomic E-state index is 12.7. The summed E-state index contributed by atoms with van der Waals surface area (Å²) in [7, 11) is -0.713. The summed E-state index contributed by atoms with van der Waals surface area (Å²) in [6, 6.07) is 0.416. The number of hydrogen-bond donors (Lipinski definition) is 1. The average Bonchev–Trinajstić information content (AvgIpc) is 2.60. The van der Waals surface area contributed by atoms with Crippen LogP contribution in [0, 0.1) is 11.3 Å². The van der Waals surface area contributed by atoms with Crippen molar-refractivity contribution in [3.8, 4) is 0 Å². The van der Waals surface area contributed by atoms with Crippen LogP contribution in [0.5, 0.6) is 0 Å². The Kier molecular flexibility index (Phi) is 5.85. The van der Waals surface area contributed by atoms with Crippen LogP contribution in [0.1, 0.15) is 60.8 Å². The van der Waals surface area contributed by atoms with Crippen LogP contribution >= 0.6 is 0 Å². The summed E-state index contributed by atoms with van der Waals surface area (Å²) >= 11 is 0. The van der Waals surface area contributed by atoms with Crippen molar-refractivity contribution in [3.05, 3.63) is 0 Å². The van der Waals surface area contributed by atoms with Gasteiger partial charge in [-0.25, -0.2) is 0 Å². The minimum Gasteiger partial charge on any atom is -0.312 e. The minimum absolute atomic E-state index is 0.284. The summed E-state index contributed by atoms with van der Waals surface area (Å²) in [5, 5.41) is 4.29. The van der Waals surface area contributed by atoms with Gasteiger partial charge in [0.1, 0.15) is 0 Å². The van der Waals surface area contributed by atoms with Gasteiger partial charge in [0.05, 0.1) is 5.25 Å². The van der Waals surface area contributed by atoms with Crippen molar-refractivity contribution in [3.63, 3.8) is 0 Å². The van der Waals surface area contributed by atoms with Crippen LogP contribution in [0.4, 0.5) is 0 Å². The predicted molar refractivity (Wildman–Crippen MR) is 81.3 cm³/mol. The Bertz CT molecular complexity index is 288. The van der Waals surface area contributed by atoms with Crippen molar-refractivity contribution in [2.75, 3.05) is 6.54 Å². The van der Waals surface area contributed by atoms with Crippen LogP contribution in [0.2, 0.25) is 0 Å². The first-order valence-corrected chi connectivity index (χ1v) is 8.71. The molecule has 1 N–H and O–H groups in total. The third-order valence-electron chi connectivity index (χ3n) is 4.50. The van der Waals surface area contributed by atoms with Gasteiger partial charge in [-0.1, -0.05) is 41.5 Å². The van der Waals surface area contributed by atoms with Gasteiger partial charge in [-0.05, 0) is 37.1 Å². The van der Waals surface area contributed by atoms with E-state index in [-0.39, 0.29) is 5.41 Å². The second kappa shape index (κ2) is 6.51. The van der Waals surface area contributed by atoms with E-state index in [1.807, 2.05) is 0 Å². The second-order valence-electron chi connectivity index (χ2n) is 6.78. The molecule has 4 unspecified atom stereocenters. The number of nitrogens with one attached hydrogen (secondary N) is 1. The lowest BCUT2D eigenvalue weighted by Gasteiger charge is -2.33. The Morgan fingerprint density at radius 3 is 2.44 bits per heavy atom. The van der Waals surface area contributed by atoms with E-state index in [2.05, 4.69) is 46.9 Å². The molecule has 3 heteroatoms. The molecule has 1 aliphatic rings. The van der Waals surface area contributed by atoms with E-state index in [1.54, 1.807) is 0 Å². The molecule has 0 heterocycles. The fourth-order valence-corrected chi connectivity index (χ4v) is 5.01. The Morgan fingerprint density at radius 2 is 1.94 bits per heavy atom. The van der Waals surface area contributed by atoms with E-state index in [0.717, 1.165) is 19.4 Å². The van der Waals surface area contributed by atoms with E-state index in [9.17, 15) is 4.21 Å². The monoisotopic (exact) mass is 273 g/mol. The van der Waals surface area contributed by atoms with Crippen molar-refractivity contribution in [1.82, 2.24) is 5.32 Å². The highest BCUT2D eigenvalue weighted by atomic mass is 32.2. The standard InChI is InChI=1S/C15H31NOS/c1-7-10-16-14-13(8-9-15(14,5)6)18(17)12(4)11(2)3/h11-14,16H,7-10H2,1-6H3. The minimum atomic E-state index is -0.713. The molecular formula is C15H31NOS. The van der Waals surface area contributed by atoms with Crippen LogP contribution in [0.15, 0.2) is 0 Å². The van der Waals surface area contributed by atoms with Gasteiger partial charge >= 0.3 is 0 Å². The van der Waals surface area contributed by atoms with Crippen LogP contribution in [0.25, 0.3) is 0 Å². The van der Waals surface area contributed by atoms with Gasteiger partial charge < -0.3 is 5.32 Å². The van der Waals surface area contributed by atoms with Gasteiger partial charge in [-0.2, -0.15) is 0 Å². The lowest BCUT2D eigenvalue weighted by molar-refractivity contribution is 0.286. The lowest BCUT2D eigenvalue weighted by Crippen LogP contribution is -2.48. The average molecular weight is 273 g/mol. The quantitative estimate of drug-likeness (QED) is 0.804. The molecule has 0 spiro atoms. The van der Waals surface area contributed by atoms with Crippen LogP contribution in [0.3, 0.4) is 0 Å². The maximum atomic E-state index is 12.7. The summed E-state index contributed by atoms with van der Waals surface area (Å²) < 4.78 is 12.7. The SMILES string of the molecule is CCCNC1C(S(=O)C(C)C(C)C)CCC1(C)C. The first-order valence-electron chi connectivity index (χ1n) is 7.44. The summed E-state index contributed by atoms with van der Waals surface area (Å²) in [5.41, 5.74) is 0.284. The molecule has 108 valence electrons. The zero-order valence-electron chi connectivity index (χ0n) is 13.0. The van der Waals surface area contributed by atoms with E-state index in [0.29, 0.717) is 22.5 Å². The molecule has 4 atom stereocenters. The van der Waals surface area contributed by atoms with Gasteiger partial charge in [0, 0.05) is 22.1 Å². The Labute approximate surface area is 116 Å². The highest BCUT2D eigenvalue weighted by Crippen LogP contribution is 2.41. The molecule has 18 heavy (non-hydrogen) atoms. The zero-order valence-corrected chi connectivity index (χ0v) is 13.8. The van der Waals surface area contributed by atoms with E-state index >= 15 is 0 Å². The lowest BCUT2D eigenvalue weighted by atomic mass is 9.87. The van der Waals surface area contributed by atoms with Crippen molar-refractivity contribution >= 4 is 10.8 Å². The summed E-state index contributed by atoms with van der Waals surface area (Å²) in [6.45, 7) is 14.4. The molecule has 2 nitrogen and oxygen atoms in total. The van der Waals surface area contributed by atoms with Crippen molar-refractivity contribution in [2.24, 2.45) is 11.3 Å². The zero-order chi connectivity index (χ0) is 13.9. The molecule has 0 bridgehead atoms. The fraction of sp³-hybridized carbons (Fsp3) is 1.00. The molecule has 0 amide bonds. The van der Waals surface area contributed by atoms with Gasteiger partial charge in [-0.3, -0.25) is 4.21 Å². The van der Waals surface area contributed by atoms with Crippen LogP contribution in [-0.2, 0) is 10.8 Å². The molecule has 1 aliphatic carbocycles. The van der Waals surface area contributed by atoms with Crippen LogP contribution < -0.4 is 5.32 Å². The molecule has 0 aromatic heterocycles. The predicted octanol–water partition coefficient (Wildman–Crippen LogP) is 3.34. The highest BCUT2D eigenvalue weighted by Gasteiger charge is 2.45. The van der Waals surface area contributed by atoms with Crippen molar-refractivity contribution in [2.45, 2.75) is 77.3 Å². The van der Waals surface area contributed by atoms with Gasteiger partial charge in [0.2, 0.25) is 0 Å². The number of hydrogen-bond acceptors (Lipinski definition) is 2. The smallest absolute Gasteiger partial charge is 0.0509 e. The maximum Gasteiger partial charge on any atom is 0.0509 e. The normalized spacial score (nSPS) is 30.6. The molecule has 0 saturated heterocycles. The summed E-state index contributed by atoms with van der Waals surface area (Å²) in [4.78, 5) is 0. The summed E-state index contributed by atoms with van der Waals surface area (Å²) in [6.07, 6.45) is 3.44. The molecule has 0 aliphatic heterocycles. The molecule has 0 aromatic rings. The van der Waals surface area contributed by atoms with Crippen molar-refractivity contribution < 1.29 is 4.21 Å². The Morgan fingerprint density at radius 1 is 1.33 bits per heavy atom. The molecular weight excluding hydrogens is 242 g/mol. The summed E-state index contributed by atoms with van der Waals surface area (Å²) in [5.74, 6) is 0.501. The fourth-order valence-electron chi connectivity index (χ4n) is 2.84. The van der Waals surface area contributed by atoms with E-state index in [1.165, 1.54) is 6.42 Å². The number of rotatable bonds is 6. The topological polar surface area (TPSA) is 29.1 Å².